The van der Waals surface area contributed by atoms with Crippen molar-refractivity contribution in [2.45, 2.75) is 25.6 Å². The van der Waals surface area contributed by atoms with Crippen LogP contribution in [-0.4, -0.2) is 12.9 Å². The number of halogens is 2. The highest BCUT2D eigenvalue weighted by Gasteiger charge is 2.18. The molecule has 1 unspecified atom stereocenters. The van der Waals surface area contributed by atoms with Crippen LogP contribution >= 0.6 is 45.2 Å². The van der Waals surface area contributed by atoms with Crippen LogP contribution in [0.4, 0.5) is 0 Å². The van der Waals surface area contributed by atoms with Crippen LogP contribution < -0.4 is 4.74 Å². The van der Waals surface area contributed by atoms with Gasteiger partial charge < -0.3 is 9.47 Å². The number of ether oxygens (including phenoxy) is 2. The molecule has 1 aromatic rings. The van der Waals surface area contributed by atoms with Crippen molar-refractivity contribution >= 4 is 51.3 Å². The summed E-state index contributed by atoms with van der Waals surface area (Å²) in [5.41, 5.74) is 1.12. The van der Waals surface area contributed by atoms with Gasteiger partial charge in [-0.2, -0.15) is 0 Å². The van der Waals surface area contributed by atoms with E-state index >= 15 is 0 Å². The Kier molecular flexibility index (Phi) is 5.10. The molecule has 92 valence electrons. The monoisotopic (exact) mass is 456 g/mol. The minimum atomic E-state index is -0.0830. The maximum absolute atomic E-state index is 5.94. The topological polar surface area (TPSA) is 18.5 Å². The van der Waals surface area contributed by atoms with E-state index in [1.807, 2.05) is 6.08 Å². The SMILES string of the molecule is C=Cc1cc(I)c(OC2CCCCO2)c(I)c1. The Morgan fingerprint density at radius 2 is 2.00 bits per heavy atom. The van der Waals surface area contributed by atoms with Crippen LogP contribution in [0.25, 0.3) is 6.08 Å². The molecule has 17 heavy (non-hydrogen) atoms. The van der Waals surface area contributed by atoms with Gasteiger partial charge in [-0.1, -0.05) is 12.7 Å². The lowest BCUT2D eigenvalue weighted by atomic mass is 10.2. The predicted octanol–water partition coefficient (Wildman–Crippen LogP) is 4.44. The number of rotatable bonds is 3. The molecule has 0 radical (unpaired) electrons. The average Bonchev–Trinajstić information content (AvgIpc) is 2.35. The van der Waals surface area contributed by atoms with Crippen LogP contribution in [-0.2, 0) is 4.74 Å². The second-order valence-corrected chi connectivity index (χ2v) is 6.26. The van der Waals surface area contributed by atoms with Crippen LogP contribution in [0.15, 0.2) is 18.7 Å². The lowest BCUT2D eigenvalue weighted by molar-refractivity contribution is -0.106. The first-order valence-electron chi connectivity index (χ1n) is 5.60. The minimum absolute atomic E-state index is 0.0830. The van der Waals surface area contributed by atoms with Crippen molar-refractivity contribution in [1.82, 2.24) is 0 Å². The molecule has 1 heterocycles. The second kappa shape index (κ2) is 6.38. The van der Waals surface area contributed by atoms with Crippen molar-refractivity contribution < 1.29 is 9.47 Å². The first kappa shape index (κ1) is 13.6. The average molecular weight is 456 g/mol. The van der Waals surface area contributed by atoms with Gasteiger partial charge in [0.25, 0.3) is 0 Å². The highest BCUT2D eigenvalue weighted by Crippen LogP contribution is 2.31. The zero-order valence-corrected chi connectivity index (χ0v) is 13.7. The van der Waals surface area contributed by atoms with Gasteiger partial charge in [-0.3, -0.25) is 0 Å². The van der Waals surface area contributed by atoms with Gasteiger partial charge in [-0.05, 0) is 75.7 Å². The first-order chi connectivity index (χ1) is 8.20. The van der Waals surface area contributed by atoms with Crippen LogP contribution in [0.5, 0.6) is 5.75 Å². The third kappa shape index (κ3) is 3.57. The van der Waals surface area contributed by atoms with Gasteiger partial charge in [0.1, 0.15) is 5.75 Å². The van der Waals surface area contributed by atoms with E-state index in [0.717, 1.165) is 37.9 Å². The van der Waals surface area contributed by atoms with E-state index in [0.29, 0.717) is 0 Å². The van der Waals surface area contributed by atoms with Gasteiger partial charge in [0.15, 0.2) is 6.29 Å². The van der Waals surface area contributed by atoms with Gasteiger partial charge in [-0.25, -0.2) is 0 Å². The summed E-state index contributed by atoms with van der Waals surface area (Å²) in [5.74, 6) is 0.934. The van der Waals surface area contributed by atoms with E-state index in [1.165, 1.54) is 6.42 Å². The normalized spacial score (nSPS) is 20.0. The Balaban J connectivity index is 2.17. The summed E-state index contributed by atoms with van der Waals surface area (Å²) < 4.78 is 13.8. The zero-order valence-electron chi connectivity index (χ0n) is 9.42. The fraction of sp³-hybridized carbons (Fsp3) is 0.385. The van der Waals surface area contributed by atoms with Gasteiger partial charge in [-0.15, -0.1) is 0 Å². The molecule has 1 fully saturated rings. The molecule has 4 heteroatoms. The third-order valence-corrected chi connectivity index (χ3v) is 4.25. The number of benzene rings is 1. The summed E-state index contributed by atoms with van der Waals surface area (Å²) in [4.78, 5) is 0. The summed E-state index contributed by atoms with van der Waals surface area (Å²) >= 11 is 4.60. The molecule has 1 aliphatic heterocycles. The molecule has 0 aliphatic carbocycles. The Bertz CT molecular complexity index is 389. The maximum atomic E-state index is 5.94. The van der Waals surface area contributed by atoms with E-state index in [2.05, 4.69) is 63.9 Å². The molecule has 0 spiro atoms. The van der Waals surface area contributed by atoms with Gasteiger partial charge in [0.05, 0.1) is 13.7 Å². The molecular formula is C13H14I2O2. The molecule has 1 atom stereocenters. The van der Waals surface area contributed by atoms with Crippen LogP contribution in [0, 0.1) is 7.14 Å². The quantitative estimate of drug-likeness (QED) is 0.627. The van der Waals surface area contributed by atoms with Crippen LogP contribution in [0.3, 0.4) is 0 Å². The highest BCUT2D eigenvalue weighted by atomic mass is 127. The summed E-state index contributed by atoms with van der Waals surface area (Å²) in [7, 11) is 0. The highest BCUT2D eigenvalue weighted by molar-refractivity contribution is 14.1. The Morgan fingerprint density at radius 1 is 1.29 bits per heavy atom. The fourth-order valence-corrected chi connectivity index (χ4v) is 3.82. The Hall–Kier alpha value is 0.180. The number of hydrogen-bond acceptors (Lipinski definition) is 2. The lowest BCUT2D eigenvalue weighted by Gasteiger charge is -2.24. The lowest BCUT2D eigenvalue weighted by Crippen LogP contribution is -2.25. The molecule has 0 bridgehead atoms. The molecular weight excluding hydrogens is 442 g/mol. The molecule has 1 saturated heterocycles. The van der Waals surface area contributed by atoms with Crippen molar-refractivity contribution in [3.8, 4) is 5.75 Å². The smallest absolute Gasteiger partial charge is 0.199 e. The van der Waals surface area contributed by atoms with E-state index in [1.54, 1.807) is 0 Å². The summed E-state index contributed by atoms with van der Waals surface area (Å²) in [6, 6.07) is 4.15. The van der Waals surface area contributed by atoms with E-state index in [9.17, 15) is 0 Å². The van der Waals surface area contributed by atoms with Gasteiger partial charge in [0.2, 0.25) is 0 Å². The molecule has 0 aromatic heterocycles. The van der Waals surface area contributed by atoms with Gasteiger partial charge >= 0.3 is 0 Å². The molecule has 2 nitrogen and oxygen atoms in total. The molecule has 1 aliphatic rings. The molecule has 0 saturated carbocycles. The van der Waals surface area contributed by atoms with Gasteiger partial charge in [0, 0.05) is 6.42 Å². The molecule has 2 rings (SSSR count). The first-order valence-corrected chi connectivity index (χ1v) is 7.76. The largest absolute Gasteiger partial charge is 0.463 e. The molecule has 1 aromatic carbocycles. The van der Waals surface area contributed by atoms with E-state index in [4.69, 9.17) is 9.47 Å². The minimum Gasteiger partial charge on any atom is -0.463 e. The zero-order chi connectivity index (χ0) is 12.3. The number of hydrogen-bond donors (Lipinski definition) is 0. The van der Waals surface area contributed by atoms with Crippen LogP contribution in [0.1, 0.15) is 24.8 Å². The Morgan fingerprint density at radius 3 is 2.53 bits per heavy atom. The molecule has 0 N–H and O–H groups in total. The summed E-state index contributed by atoms with van der Waals surface area (Å²) in [6.45, 7) is 4.59. The third-order valence-electron chi connectivity index (χ3n) is 2.64. The van der Waals surface area contributed by atoms with Crippen molar-refractivity contribution in [1.29, 1.82) is 0 Å². The van der Waals surface area contributed by atoms with Crippen molar-refractivity contribution in [2.75, 3.05) is 6.61 Å². The van der Waals surface area contributed by atoms with Crippen molar-refractivity contribution in [2.24, 2.45) is 0 Å². The maximum Gasteiger partial charge on any atom is 0.199 e. The second-order valence-electron chi connectivity index (χ2n) is 3.93. The predicted molar refractivity (Wildman–Crippen MR) is 86.2 cm³/mol. The van der Waals surface area contributed by atoms with E-state index < -0.39 is 0 Å². The fourth-order valence-electron chi connectivity index (χ4n) is 1.75. The standard InChI is InChI=1S/C13H14I2O2/c1-2-9-7-10(14)13(11(15)8-9)17-12-5-3-4-6-16-12/h2,7-8,12H,1,3-6H2. The van der Waals surface area contributed by atoms with Crippen molar-refractivity contribution in [3.05, 3.63) is 31.4 Å². The van der Waals surface area contributed by atoms with E-state index in [-0.39, 0.29) is 6.29 Å². The van der Waals surface area contributed by atoms with Crippen LogP contribution in [0.2, 0.25) is 0 Å². The summed E-state index contributed by atoms with van der Waals surface area (Å²) in [5, 5.41) is 0. The van der Waals surface area contributed by atoms with Crippen molar-refractivity contribution in [3.63, 3.8) is 0 Å². The summed E-state index contributed by atoms with van der Waals surface area (Å²) in [6.07, 6.45) is 5.08. The Labute approximate surface area is 129 Å². The molecule has 0 amide bonds.